The Hall–Kier alpha value is -1.44. The fraction of sp³-hybridized carbons (Fsp3) is 0.529. The molecule has 0 saturated heterocycles. The van der Waals surface area contributed by atoms with Crippen molar-refractivity contribution >= 4 is 11.6 Å². The summed E-state index contributed by atoms with van der Waals surface area (Å²) in [6.07, 6.45) is 0. The van der Waals surface area contributed by atoms with E-state index in [4.69, 9.17) is 0 Å². The van der Waals surface area contributed by atoms with Crippen LogP contribution in [0.15, 0.2) is 18.2 Å². The zero-order chi connectivity index (χ0) is 15.0. The first kappa shape index (κ1) is 15.6. The Bertz CT molecular complexity index is 478. The standard InChI is InChI=1S/C17H24O2/c1-11-8-14(16(4,5)12(2)18)10-15(9-11)17(6,7)13(3)19/h8-10H,1-7H3. The molecular formula is C17H24O2. The van der Waals surface area contributed by atoms with Gasteiger partial charge in [-0.15, -0.1) is 0 Å². The normalized spacial score (nSPS) is 12.4. The minimum Gasteiger partial charge on any atom is -0.299 e. The predicted octanol–water partition coefficient (Wildman–Crippen LogP) is 3.73. The van der Waals surface area contributed by atoms with Gasteiger partial charge in [0.15, 0.2) is 0 Å². The van der Waals surface area contributed by atoms with Crippen LogP contribution in [-0.2, 0) is 20.4 Å². The zero-order valence-electron chi connectivity index (χ0n) is 13.0. The molecular weight excluding hydrogens is 236 g/mol. The first-order chi connectivity index (χ1) is 8.49. The topological polar surface area (TPSA) is 34.1 Å². The summed E-state index contributed by atoms with van der Waals surface area (Å²) < 4.78 is 0. The largest absolute Gasteiger partial charge is 0.299 e. The summed E-state index contributed by atoms with van der Waals surface area (Å²) in [6.45, 7) is 12.9. The van der Waals surface area contributed by atoms with Crippen LogP contribution < -0.4 is 0 Å². The molecule has 1 aromatic carbocycles. The molecule has 0 aromatic heterocycles. The van der Waals surface area contributed by atoms with Crippen LogP contribution in [0.2, 0.25) is 0 Å². The number of carbonyl (C=O) groups is 2. The minimum atomic E-state index is -0.520. The maximum Gasteiger partial charge on any atom is 0.139 e. The molecule has 0 aliphatic carbocycles. The molecule has 0 heterocycles. The molecule has 0 radical (unpaired) electrons. The van der Waals surface area contributed by atoms with E-state index in [2.05, 4.69) is 0 Å². The maximum atomic E-state index is 11.8. The molecule has 0 atom stereocenters. The van der Waals surface area contributed by atoms with E-state index in [1.165, 1.54) is 0 Å². The first-order valence-corrected chi connectivity index (χ1v) is 6.64. The fourth-order valence-electron chi connectivity index (χ4n) is 1.91. The highest BCUT2D eigenvalue weighted by molar-refractivity contribution is 5.89. The van der Waals surface area contributed by atoms with E-state index >= 15 is 0 Å². The highest BCUT2D eigenvalue weighted by Crippen LogP contribution is 2.31. The average molecular weight is 260 g/mol. The predicted molar refractivity (Wildman–Crippen MR) is 78.6 cm³/mol. The van der Waals surface area contributed by atoms with Crippen molar-refractivity contribution in [2.24, 2.45) is 0 Å². The summed E-state index contributed by atoms with van der Waals surface area (Å²) >= 11 is 0. The second-order valence-electron chi connectivity index (χ2n) is 6.45. The molecule has 0 amide bonds. The van der Waals surface area contributed by atoms with Crippen molar-refractivity contribution in [3.8, 4) is 0 Å². The number of hydrogen-bond donors (Lipinski definition) is 0. The molecule has 0 bridgehead atoms. The molecule has 104 valence electrons. The van der Waals surface area contributed by atoms with E-state index in [0.29, 0.717) is 0 Å². The van der Waals surface area contributed by atoms with Crippen LogP contribution in [0, 0.1) is 6.92 Å². The van der Waals surface area contributed by atoms with Gasteiger partial charge in [0.05, 0.1) is 0 Å². The summed E-state index contributed by atoms with van der Waals surface area (Å²) in [4.78, 5) is 23.6. The summed E-state index contributed by atoms with van der Waals surface area (Å²) in [5, 5.41) is 0. The quantitative estimate of drug-likeness (QED) is 0.826. The molecule has 0 aliphatic rings. The van der Waals surface area contributed by atoms with E-state index < -0.39 is 10.8 Å². The van der Waals surface area contributed by atoms with Crippen LogP contribution in [0.1, 0.15) is 58.2 Å². The molecule has 0 unspecified atom stereocenters. The van der Waals surface area contributed by atoms with Crippen molar-refractivity contribution in [3.63, 3.8) is 0 Å². The second kappa shape index (κ2) is 4.92. The third kappa shape index (κ3) is 2.94. The van der Waals surface area contributed by atoms with Gasteiger partial charge in [-0.3, -0.25) is 9.59 Å². The molecule has 0 fully saturated rings. The lowest BCUT2D eigenvalue weighted by Crippen LogP contribution is -2.30. The molecule has 0 N–H and O–H groups in total. The number of carbonyl (C=O) groups excluding carboxylic acids is 2. The van der Waals surface area contributed by atoms with Crippen LogP contribution >= 0.6 is 0 Å². The third-order valence-electron chi connectivity index (χ3n) is 4.28. The summed E-state index contributed by atoms with van der Waals surface area (Å²) in [5.41, 5.74) is 1.99. The van der Waals surface area contributed by atoms with Gasteiger partial charge in [-0.1, -0.05) is 23.8 Å². The highest BCUT2D eigenvalue weighted by Gasteiger charge is 2.31. The Morgan fingerprint density at radius 3 is 1.37 bits per heavy atom. The van der Waals surface area contributed by atoms with Gasteiger partial charge in [0, 0.05) is 10.8 Å². The van der Waals surface area contributed by atoms with Gasteiger partial charge in [-0.05, 0) is 59.6 Å². The lowest BCUT2D eigenvalue weighted by atomic mass is 9.75. The molecule has 2 heteroatoms. The lowest BCUT2D eigenvalue weighted by molar-refractivity contribution is -0.121. The number of aryl methyl sites for hydroxylation is 1. The van der Waals surface area contributed by atoms with Crippen molar-refractivity contribution in [1.29, 1.82) is 0 Å². The Kier molecular flexibility index (Phi) is 4.04. The van der Waals surface area contributed by atoms with Crippen LogP contribution in [0.25, 0.3) is 0 Å². The van der Waals surface area contributed by atoms with Gasteiger partial charge in [0.25, 0.3) is 0 Å². The number of Topliss-reactive ketones (excluding diaryl/α,β-unsaturated/α-hetero) is 2. The van der Waals surface area contributed by atoms with Crippen molar-refractivity contribution in [2.75, 3.05) is 0 Å². The van der Waals surface area contributed by atoms with Gasteiger partial charge in [-0.25, -0.2) is 0 Å². The fourth-order valence-corrected chi connectivity index (χ4v) is 1.91. The molecule has 1 rings (SSSR count). The summed E-state index contributed by atoms with van der Waals surface area (Å²) in [5.74, 6) is 0.259. The zero-order valence-corrected chi connectivity index (χ0v) is 13.0. The Morgan fingerprint density at radius 2 is 1.11 bits per heavy atom. The number of ketones is 2. The van der Waals surface area contributed by atoms with Gasteiger partial charge >= 0.3 is 0 Å². The van der Waals surface area contributed by atoms with E-state index in [9.17, 15) is 9.59 Å². The number of hydrogen-bond acceptors (Lipinski definition) is 2. The SMILES string of the molecule is CC(=O)C(C)(C)c1cc(C)cc(C(C)(C)C(C)=O)c1. The summed E-state index contributed by atoms with van der Waals surface area (Å²) in [6, 6.07) is 6.05. The maximum absolute atomic E-state index is 11.8. The smallest absolute Gasteiger partial charge is 0.139 e. The molecule has 2 nitrogen and oxygen atoms in total. The van der Waals surface area contributed by atoms with Crippen molar-refractivity contribution < 1.29 is 9.59 Å². The van der Waals surface area contributed by atoms with Crippen LogP contribution in [-0.4, -0.2) is 11.6 Å². The van der Waals surface area contributed by atoms with E-state index in [1.807, 2.05) is 52.8 Å². The molecule has 19 heavy (non-hydrogen) atoms. The van der Waals surface area contributed by atoms with E-state index in [1.54, 1.807) is 13.8 Å². The van der Waals surface area contributed by atoms with Crippen molar-refractivity contribution in [3.05, 3.63) is 34.9 Å². The van der Waals surface area contributed by atoms with Gasteiger partial charge in [0.2, 0.25) is 0 Å². The Morgan fingerprint density at radius 1 is 0.789 bits per heavy atom. The molecule has 1 aromatic rings. The monoisotopic (exact) mass is 260 g/mol. The van der Waals surface area contributed by atoms with Crippen LogP contribution in [0.5, 0.6) is 0 Å². The molecule has 0 saturated carbocycles. The first-order valence-electron chi connectivity index (χ1n) is 6.64. The van der Waals surface area contributed by atoms with Crippen LogP contribution in [0.4, 0.5) is 0 Å². The average Bonchev–Trinajstić information content (AvgIpc) is 2.27. The summed E-state index contributed by atoms with van der Waals surface area (Å²) in [7, 11) is 0. The van der Waals surface area contributed by atoms with E-state index in [0.717, 1.165) is 16.7 Å². The van der Waals surface area contributed by atoms with E-state index in [-0.39, 0.29) is 11.6 Å². The van der Waals surface area contributed by atoms with Crippen molar-refractivity contribution in [1.82, 2.24) is 0 Å². The molecule has 0 spiro atoms. The van der Waals surface area contributed by atoms with Crippen LogP contribution in [0.3, 0.4) is 0 Å². The Balaban J connectivity index is 3.46. The number of benzene rings is 1. The van der Waals surface area contributed by atoms with Crippen molar-refractivity contribution in [2.45, 2.75) is 59.3 Å². The number of rotatable bonds is 4. The minimum absolute atomic E-state index is 0.129. The molecule has 0 aliphatic heterocycles. The third-order valence-corrected chi connectivity index (χ3v) is 4.28. The lowest BCUT2D eigenvalue weighted by Gasteiger charge is -2.27. The van der Waals surface area contributed by atoms with Gasteiger partial charge in [0.1, 0.15) is 11.6 Å². The second-order valence-corrected chi connectivity index (χ2v) is 6.45. The highest BCUT2D eigenvalue weighted by atomic mass is 16.1. The van der Waals surface area contributed by atoms with Gasteiger partial charge in [-0.2, -0.15) is 0 Å². The Labute approximate surface area is 116 Å². The van der Waals surface area contributed by atoms with Gasteiger partial charge < -0.3 is 0 Å².